The van der Waals surface area contributed by atoms with Gasteiger partial charge in [0.25, 0.3) is 0 Å². The lowest BCUT2D eigenvalue weighted by Gasteiger charge is -2.36. The van der Waals surface area contributed by atoms with E-state index in [0.29, 0.717) is 18.3 Å². The molecule has 1 aliphatic carbocycles. The molecule has 3 N–H and O–H groups in total. The standard InChI is InChI=1S/C14H25N3O3/c1-4-19-14(7-5-9(2)6-8-14)13-16-12(20-17-13)11(15)10(3)18/h9-11,18H,4-8,15H2,1-3H3/t9?,10-,11+,14?/m1/s1. The Bertz CT molecular complexity index is 425. The van der Waals surface area contributed by atoms with Crippen LogP contribution in [-0.4, -0.2) is 28.0 Å². The first-order valence-electron chi connectivity index (χ1n) is 7.40. The third kappa shape index (κ3) is 3.02. The Morgan fingerprint density at radius 1 is 1.50 bits per heavy atom. The lowest BCUT2D eigenvalue weighted by molar-refractivity contribution is -0.0847. The van der Waals surface area contributed by atoms with Crippen LogP contribution in [0.3, 0.4) is 0 Å². The molecule has 0 spiro atoms. The van der Waals surface area contributed by atoms with Crippen molar-refractivity contribution in [3.63, 3.8) is 0 Å². The molecule has 114 valence electrons. The highest BCUT2D eigenvalue weighted by Gasteiger charge is 2.41. The van der Waals surface area contributed by atoms with Crippen LogP contribution in [0.15, 0.2) is 4.52 Å². The maximum absolute atomic E-state index is 9.51. The summed E-state index contributed by atoms with van der Waals surface area (Å²) in [6.07, 6.45) is 3.24. The molecule has 20 heavy (non-hydrogen) atoms. The summed E-state index contributed by atoms with van der Waals surface area (Å²) in [5.41, 5.74) is 5.38. The van der Waals surface area contributed by atoms with Gasteiger partial charge < -0.3 is 20.1 Å². The Morgan fingerprint density at radius 3 is 2.70 bits per heavy atom. The second kappa shape index (κ2) is 6.20. The van der Waals surface area contributed by atoms with E-state index in [2.05, 4.69) is 17.1 Å². The lowest BCUT2D eigenvalue weighted by atomic mass is 9.79. The molecule has 0 aliphatic heterocycles. The molecule has 0 amide bonds. The monoisotopic (exact) mass is 283 g/mol. The van der Waals surface area contributed by atoms with Crippen molar-refractivity contribution >= 4 is 0 Å². The van der Waals surface area contributed by atoms with E-state index in [1.165, 1.54) is 0 Å². The topological polar surface area (TPSA) is 94.4 Å². The Labute approximate surface area is 119 Å². The van der Waals surface area contributed by atoms with Gasteiger partial charge in [-0.1, -0.05) is 12.1 Å². The first kappa shape index (κ1) is 15.4. The molecule has 2 atom stereocenters. The minimum absolute atomic E-state index is 0.271. The SMILES string of the molecule is CCOC1(c2noc([C@@H](N)[C@@H](C)O)n2)CCC(C)CC1. The van der Waals surface area contributed by atoms with Crippen LogP contribution >= 0.6 is 0 Å². The van der Waals surface area contributed by atoms with Crippen LogP contribution in [0.4, 0.5) is 0 Å². The third-order valence-corrected chi connectivity index (χ3v) is 4.16. The predicted octanol–water partition coefficient (Wildman–Crippen LogP) is 1.89. The van der Waals surface area contributed by atoms with E-state index >= 15 is 0 Å². The van der Waals surface area contributed by atoms with Crippen molar-refractivity contribution < 1.29 is 14.4 Å². The van der Waals surface area contributed by atoms with E-state index < -0.39 is 17.7 Å². The molecule has 0 unspecified atom stereocenters. The minimum atomic E-state index is -0.724. The fourth-order valence-corrected chi connectivity index (χ4v) is 2.70. The van der Waals surface area contributed by atoms with Gasteiger partial charge in [-0.3, -0.25) is 0 Å². The Morgan fingerprint density at radius 2 is 2.15 bits per heavy atom. The van der Waals surface area contributed by atoms with Gasteiger partial charge in [-0.2, -0.15) is 4.98 Å². The van der Waals surface area contributed by atoms with Crippen LogP contribution in [0.5, 0.6) is 0 Å². The summed E-state index contributed by atoms with van der Waals surface area (Å²) in [6, 6.07) is -0.655. The number of aliphatic hydroxyl groups is 1. The van der Waals surface area contributed by atoms with Crippen molar-refractivity contribution in [2.45, 2.75) is 64.2 Å². The summed E-state index contributed by atoms with van der Waals surface area (Å²) in [4.78, 5) is 4.38. The smallest absolute Gasteiger partial charge is 0.246 e. The summed E-state index contributed by atoms with van der Waals surface area (Å²) < 4.78 is 11.2. The maximum atomic E-state index is 9.51. The Hall–Kier alpha value is -0.980. The average Bonchev–Trinajstić information content (AvgIpc) is 2.91. The van der Waals surface area contributed by atoms with Gasteiger partial charge >= 0.3 is 0 Å². The fourth-order valence-electron chi connectivity index (χ4n) is 2.70. The molecule has 2 rings (SSSR count). The average molecular weight is 283 g/mol. The van der Waals surface area contributed by atoms with Crippen LogP contribution in [-0.2, 0) is 10.3 Å². The van der Waals surface area contributed by atoms with Crippen LogP contribution in [0.1, 0.15) is 64.2 Å². The highest BCUT2D eigenvalue weighted by molar-refractivity contribution is 5.05. The number of aromatic nitrogens is 2. The van der Waals surface area contributed by atoms with Gasteiger partial charge in [0.05, 0.1) is 6.10 Å². The molecule has 6 heteroatoms. The molecule has 1 aromatic heterocycles. The van der Waals surface area contributed by atoms with Gasteiger partial charge in [-0.05, 0) is 45.4 Å². The van der Waals surface area contributed by atoms with Crippen molar-refractivity contribution in [1.29, 1.82) is 0 Å². The highest BCUT2D eigenvalue weighted by Crippen LogP contribution is 2.41. The molecule has 1 aliphatic rings. The van der Waals surface area contributed by atoms with Crippen LogP contribution in [0, 0.1) is 5.92 Å². The number of aliphatic hydroxyl groups excluding tert-OH is 1. The summed E-state index contributed by atoms with van der Waals surface area (Å²) in [5.74, 6) is 1.54. The van der Waals surface area contributed by atoms with Crippen molar-refractivity contribution in [2.24, 2.45) is 11.7 Å². The molecular formula is C14H25N3O3. The molecule has 1 fully saturated rings. The second-order valence-electron chi connectivity index (χ2n) is 5.83. The minimum Gasteiger partial charge on any atom is -0.391 e. The van der Waals surface area contributed by atoms with Gasteiger partial charge in [-0.25, -0.2) is 0 Å². The van der Waals surface area contributed by atoms with Crippen LogP contribution in [0.25, 0.3) is 0 Å². The van der Waals surface area contributed by atoms with E-state index in [1.54, 1.807) is 6.92 Å². The first-order valence-corrected chi connectivity index (χ1v) is 7.40. The fraction of sp³-hybridized carbons (Fsp3) is 0.857. The van der Waals surface area contributed by atoms with Crippen LogP contribution in [0.2, 0.25) is 0 Å². The molecule has 1 heterocycles. The van der Waals surface area contributed by atoms with Crippen molar-refractivity contribution in [2.75, 3.05) is 6.61 Å². The van der Waals surface area contributed by atoms with E-state index in [1.807, 2.05) is 6.92 Å². The number of nitrogens with two attached hydrogens (primary N) is 1. The molecule has 1 saturated carbocycles. The Kier molecular flexibility index (Phi) is 4.78. The molecule has 0 bridgehead atoms. The van der Waals surface area contributed by atoms with E-state index in [0.717, 1.165) is 25.7 Å². The van der Waals surface area contributed by atoms with Gasteiger partial charge in [0.1, 0.15) is 11.6 Å². The molecule has 0 radical (unpaired) electrons. The van der Waals surface area contributed by atoms with E-state index in [-0.39, 0.29) is 5.89 Å². The predicted molar refractivity (Wildman–Crippen MR) is 73.8 cm³/mol. The van der Waals surface area contributed by atoms with Crippen molar-refractivity contribution in [3.05, 3.63) is 11.7 Å². The number of hydrogen-bond acceptors (Lipinski definition) is 6. The summed E-state index contributed by atoms with van der Waals surface area (Å²) in [5, 5.41) is 13.6. The zero-order valence-electron chi connectivity index (χ0n) is 12.5. The summed E-state index contributed by atoms with van der Waals surface area (Å²) in [7, 11) is 0. The van der Waals surface area contributed by atoms with Gasteiger partial charge in [0, 0.05) is 6.61 Å². The largest absolute Gasteiger partial charge is 0.391 e. The second-order valence-corrected chi connectivity index (χ2v) is 5.83. The molecule has 0 saturated heterocycles. The lowest BCUT2D eigenvalue weighted by Crippen LogP contribution is -2.35. The first-order chi connectivity index (χ1) is 9.48. The maximum Gasteiger partial charge on any atom is 0.246 e. The number of hydrogen-bond donors (Lipinski definition) is 2. The molecule has 0 aromatic carbocycles. The number of ether oxygens (including phenoxy) is 1. The third-order valence-electron chi connectivity index (χ3n) is 4.16. The van der Waals surface area contributed by atoms with E-state index in [9.17, 15) is 5.11 Å². The zero-order valence-corrected chi connectivity index (χ0v) is 12.5. The molecule has 1 aromatic rings. The quantitative estimate of drug-likeness (QED) is 0.857. The number of nitrogens with zero attached hydrogens (tertiary/aromatic N) is 2. The molecular weight excluding hydrogens is 258 g/mol. The van der Waals surface area contributed by atoms with E-state index in [4.69, 9.17) is 15.0 Å². The van der Waals surface area contributed by atoms with Gasteiger partial charge in [0.15, 0.2) is 0 Å². The van der Waals surface area contributed by atoms with Crippen LogP contribution < -0.4 is 5.73 Å². The van der Waals surface area contributed by atoms with Gasteiger partial charge in [0.2, 0.25) is 11.7 Å². The van der Waals surface area contributed by atoms with Gasteiger partial charge in [-0.15, -0.1) is 0 Å². The molecule has 6 nitrogen and oxygen atoms in total. The normalized spacial score (nSPS) is 30.1. The highest BCUT2D eigenvalue weighted by atomic mass is 16.5. The zero-order chi connectivity index (χ0) is 14.8. The Balaban J connectivity index is 2.22. The van der Waals surface area contributed by atoms with Crippen molar-refractivity contribution in [1.82, 2.24) is 10.1 Å². The van der Waals surface area contributed by atoms with Crippen molar-refractivity contribution in [3.8, 4) is 0 Å². The number of rotatable bonds is 5. The summed E-state index contributed by atoms with van der Waals surface area (Å²) in [6.45, 7) is 6.44. The summed E-state index contributed by atoms with van der Waals surface area (Å²) >= 11 is 0.